The van der Waals surface area contributed by atoms with Crippen LogP contribution in [0, 0.1) is 17.1 Å². The second kappa shape index (κ2) is 8.16. The lowest BCUT2D eigenvalue weighted by atomic mass is 10.1. The number of carbonyl (C=O) groups is 1. The highest BCUT2D eigenvalue weighted by atomic mass is 19.1. The number of hydrogen-bond donors (Lipinski definition) is 1. The van der Waals surface area contributed by atoms with Gasteiger partial charge >= 0.3 is 0 Å². The lowest BCUT2D eigenvalue weighted by Crippen LogP contribution is -2.32. The van der Waals surface area contributed by atoms with Crippen molar-refractivity contribution in [3.8, 4) is 6.07 Å². The summed E-state index contributed by atoms with van der Waals surface area (Å²) in [5, 5.41) is 11.6. The second-order valence-corrected chi connectivity index (χ2v) is 4.38. The van der Waals surface area contributed by atoms with Crippen LogP contribution in [0.25, 0.3) is 0 Å². The number of halogens is 1. The third-order valence-corrected chi connectivity index (χ3v) is 2.96. The molecule has 0 aliphatic rings. The van der Waals surface area contributed by atoms with Crippen molar-refractivity contribution >= 4 is 11.6 Å². The van der Waals surface area contributed by atoms with Gasteiger partial charge in [0.25, 0.3) is 5.91 Å². The zero-order chi connectivity index (χ0) is 15.0. The maximum absolute atomic E-state index is 13.9. The third-order valence-electron chi connectivity index (χ3n) is 2.96. The lowest BCUT2D eigenvalue weighted by Gasteiger charge is -2.21. The maximum Gasteiger partial charge on any atom is 0.256 e. The van der Waals surface area contributed by atoms with Crippen molar-refractivity contribution in [3.63, 3.8) is 0 Å². The summed E-state index contributed by atoms with van der Waals surface area (Å²) in [5.74, 6) is -0.679. The monoisotopic (exact) mass is 277 g/mol. The topological polar surface area (TPSA) is 56.1 Å². The van der Waals surface area contributed by atoms with Crippen molar-refractivity contribution in [2.45, 2.75) is 26.7 Å². The van der Waals surface area contributed by atoms with E-state index >= 15 is 0 Å². The number of nitrogens with one attached hydrogen (secondary N) is 1. The summed E-state index contributed by atoms with van der Waals surface area (Å²) in [5.41, 5.74) is 0.563. The fraction of sp³-hybridized carbons (Fsp3) is 0.467. The summed E-state index contributed by atoms with van der Waals surface area (Å²) in [6.45, 7) is 5.26. The molecule has 1 amide bonds. The second-order valence-electron chi connectivity index (χ2n) is 4.38. The zero-order valence-electron chi connectivity index (χ0n) is 11.9. The Morgan fingerprint density at radius 3 is 2.80 bits per heavy atom. The molecule has 0 spiro atoms. The van der Waals surface area contributed by atoms with E-state index in [0.717, 1.165) is 6.42 Å². The zero-order valence-corrected chi connectivity index (χ0v) is 11.9. The summed E-state index contributed by atoms with van der Waals surface area (Å²) in [6, 6.07) is 6.48. The largest absolute Gasteiger partial charge is 0.382 e. The summed E-state index contributed by atoms with van der Waals surface area (Å²) in [4.78, 5) is 14.0. The van der Waals surface area contributed by atoms with E-state index in [1.165, 1.54) is 12.1 Å². The van der Waals surface area contributed by atoms with Gasteiger partial charge in [-0.2, -0.15) is 5.26 Å². The SMILES string of the molecule is CCCNc1c(F)cccc1C(=O)N(CC)CCC#N. The summed E-state index contributed by atoms with van der Waals surface area (Å²) in [7, 11) is 0. The molecule has 4 nitrogen and oxygen atoms in total. The van der Waals surface area contributed by atoms with Crippen LogP contribution in [0.1, 0.15) is 37.0 Å². The molecule has 0 bridgehead atoms. The number of nitriles is 1. The molecule has 0 saturated heterocycles. The minimum Gasteiger partial charge on any atom is -0.382 e. The Morgan fingerprint density at radius 1 is 1.45 bits per heavy atom. The van der Waals surface area contributed by atoms with Crippen LogP contribution in [0.4, 0.5) is 10.1 Å². The first-order valence-corrected chi connectivity index (χ1v) is 6.84. The minimum absolute atomic E-state index is 0.245. The predicted molar refractivity (Wildman–Crippen MR) is 77.0 cm³/mol. The fourth-order valence-electron chi connectivity index (χ4n) is 1.89. The van der Waals surface area contributed by atoms with E-state index in [1.807, 2.05) is 19.9 Å². The molecular weight excluding hydrogens is 257 g/mol. The normalized spacial score (nSPS) is 9.90. The van der Waals surface area contributed by atoms with E-state index in [9.17, 15) is 9.18 Å². The number of carbonyl (C=O) groups excluding carboxylic acids is 1. The van der Waals surface area contributed by atoms with Crippen LogP contribution in [0.3, 0.4) is 0 Å². The first-order chi connectivity index (χ1) is 9.65. The molecule has 1 aromatic rings. The van der Waals surface area contributed by atoms with Gasteiger partial charge < -0.3 is 10.2 Å². The first kappa shape index (κ1) is 16.0. The molecule has 1 N–H and O–H groups in total. The fourth-order valence-corrected chi connectivity index (χ4v) is 1.89. The number of rotatable bonds is 7. The van der Waals surface area contributed by atoms with Gasteiger partial charge in [0, 0.05) is 19.6 Å². The Kier molecular flexibility index (Phi) is 6.51. The average molecular weight is 277 g/mol. The summed E-state index contributed by atoms with van der Waals surface area (Å²) < 4.78 is 13.9. The molecule has 0 heterocycles. The van der Waals surface area contributed by atoms with Crippen LogP contribution in [0.15, 0.2) is 18.2 Å². The van der Waals surface area contributed by atoms with Crippen molar-refractivity contribution in [3.05, 3.63) is 29.6 Å². The van der Waals surface area contributed by atoms with Gasteiger partial charge in [0.1, 0.15) is 5.82 Å². The molecule has 0 aromatic heterocycles. The number of benzene rings is 1. The Bertz CT molecular complexity index is 496. The molecular formula is C15H20FN3O. The molecule has 20 heavy (non-hydrogen) atoms. The number of amides is 1. The molecule has 0 radical (unpaired) electrons. The molecule has 5 heteroatoms. The smallest absolute Gasteiger partial charge is 0.256 e. The van der Waals surface area contributed by atoms with E-state index in [0.29, 0.717) is 25.2 Å². The quantitative estimate of drug-likeness (QED) is 0.833. The highest BCUT2D eigenvalue weighted by molar-refractivity contribution is 5.99. The van der Waals surface area contributed by atoms with Crippen LogP contribution >= 0.6 is 0 Å². The molecule has 0 atom stereocenters. The minimum atomic E-state index is -0.430. The Hall–Kier alpha value is -2.09. The van der Waals surface area contributed by atoms with Crippen molar-refractivity contribution in [2.24, 2.45) is 0 Å². The average Bonchev–Trinajstić information content (AvgIpc) is 2.46. The maximum atomic E-state index is 13.9. The lowest BCUT2D eigenvalue weighted by molar-refractivity contribution is 0.0768. The molecule has 0 saturated carbocycles. The van der Waals surface area contributed by atoms with E-state index in [1.54, 1.807) is 11.0 Å². The molecule has 1 rings (SSSR count). The van der Waals surface area contributed by atoms with Gasteiger partial charge in [-0.05, 0) is 25.5 Å². The molecule has 108 valence electrons. The summed E-state index contributed by atoms with van der Waals surface area (Å²) in [6.07, 6.45) is 1.11. The van der Waals surface area contributed by atoms with Gasteiger partial charge in [-0.1, -0.05) is 13.0 Å². The van der Waals surface area contributed by atoms with Gasteiger partial charge in [-0.15, -0.1) is 0 Å². The molecule has 1 aromatic carbocycles. The van der Waals surface area contributed by atoms with Crippen LogP contribution in [-0.2, 0) is 0 Å². The van der Waals surface area contributed by atoms with Crippen LogP contribution in [0.2, 0.25) is 0 Å². The van der Waals surface area contributed by atoms with Crippen LogP contribution < -0.4 is 5.32 Å². The van der Waals surface area contributed by atoms with Crippen molar-refractivity contribution < 1.29 is 9.18 Å². The third kappa shape index (κ3) is 3.95. The van der Waals surface area contributed by atoms with Crippen molar-refractivity contribution in [1.29, 1.82) is 5.26 Å². The van der Waals surface area contributed by atoms with E-state index in [-0.39, 0.29) is 18.0 Å². The Labute approximate surface area is 119 Å². The van der Waals surface area contributed by atoms with Crippen molar-refractivity contribution in [1.82, 2.24) is 4.90 Å². The number of nitrogens with zero attached hydrogens (tertiary/aromatic N) is 2. The highest BCUT2D eigenvalue weighted by Gasteiger charge is 2.19. The van der Waals surface area contributed by atoms with Gasteiger partial charge in [0.2, 0.25) is 0 Å². The molecule has 0 fully saturated rings. The van der Waals surface area contributed by atoms with Crippen LogP contribution in [0.5, 0.6) is 0 Å². The van der Waals surface area contributed by atoms with Gasteiger partial charge in [0.05, 0.1) is 23.7 Å². The number of para-hydroxylation sites is 1. The van der Waals surface area contributed by atoms with Crippen LogP contribution in [-0.4, -0.2) is 30.4 Å². The Morgan fingerprint density at radius 2 is 2.20 bits per heavy atom. The highest BCUT2D eigenvalue weighted by Crippen LogP contribution is 2.21. The number of hydrogen-bond acceptors (Lipinski definition) is 3. The van der Waals surface area contributed by atoms with E-state index in [2.05, 4.69) is 5.32 Å². The molecule has 0 unspecified atom stereocenters. The van der Waals surface area contributed by atoms with Gasteiger partial charge in [-0.3, -0.25) is 4.79 Å². The van der Waals surface area contributed by atoms with Crippen molar-refractivity contribution in [2.75, 3.05) is 25.0 Å². The molecule has 0 aliphatic carbocycles. The van der Waals surface area contributed by atoms with Gasteiger partial charge in [-0.25, -0.2) is 4.39 Å². The predicted octanol–water partition coefficient (Wildman–Crippen LogP) is 3.02. The Balaban J connectivity index is 3.01. The standard InChI is InChI=1S/C15H20FN3O/c1-3-10-18-14-12(7-5-8-13(14)16)15(20)19(4-2)11-6-9-17/h5,7-8,18H,3-4,6,10-11H2,1-2H3. The van der Waals surface area contributed by atoms with Gasteiger partial charge in [0.15, 0.2) is 0 Å². The van der Waals surface area contributed by atoms with E-state index in [4.69, 9.17) is 5.26 Å². The molecule has 0 aliphatic heterocycles. The number of anilines is 1. The van der Waals surface area contributed by atoms with E-state index < -0.39 is 5.82 Å². The summed E-state index contributed by atoms with van der Waals surface area (Å²) >= 11 is 0. The first-order valence-electron chi connectivity index (χ1n) is 6.84.